The molecule has 0 fully saturated rings. The summed E-state index contributed by atoms with van der Waals surface area (Å²) in [6, 6.07) is 4.61. The Kier molecular flexibility index (Phi) is 3.95. The number of anilines is 1. The monoisotopic (exact) mass is 261 g/mol. The van der Waals surface area contributed by atoms with Gasteiger partial charge in [0.25, 0.3) is 0 Å². The van der Waals surface area contributed by atoms with Crippen LogP contribution in [0.2, 0.25) is 0 Å². The minimum atomic E-state index is -4.96. The second kappa shape index (κ2) is 5.07. The number of carboxylic acids is 1. The summed E-state index contributed by atoms with van der Waals surface area (Å²) >= 11 is 0. The molecule has 0 saturated heterocycles. The first-order valence-corrected chi connectivity index (χ1v) is 4.99. The quantitative estimate of drug-likeness (QED) is 0.908. The molecule has 0 heterocycles. The van der Waals surface area contributed by atoms with Gasteiger partial charge in [-0.2, -0.15) is 13.2 Å². The van der Waals surface area contributed by atoms with E-state index in [1.807, 2.05) is 0 Å². The van der Waals surface area contributed by atoms with Crippen molar-refractivity contribution < 1.29 is 27.9 Å². The van der Waals surface area contributed by atoms with Gasteiger partial charge in [0, 0.05) is 12.2 Å². The SMILES string of the molecule is CCN(C(=O)C(F)(F)F)c1ccc(C(=O)O)cc1. The molecule has 0 aromatic heterocycles. The Balaban J connectivity index is 3.03. The third-order valence-corrected chi connectivity index (χ3v) is 2.23. The van der Waals surface area contributed by atoms with Gasteiger partial charge in [0.2, 0.25) is 0 Å². The number of hydrogen-bond donors (Lipinski definition) is 1. The molecule has 1 rings (SSSR count). The highest BCUT2D eigenvalue weighted by Gasteiger charge is 2.42. The Bertz CT molecular complexity index is 454. The Morgan fingerprint density at radius 2 is 1.72 bits per heavy atom. The summed E-state index contributed by atoms with van der Waals surface area (Å²) in [5, 5.41) is 8.65. The van der Waals surface area contributed by atoms with Crippen LogP contribution >= 0.6 is 0 Å². The lowest BCUT2D eigenvalue weighted by molar-refractivity contribution is -0.170. The van der Waals surface area contributed by atoms with Gasteiger partial charge in [-0.05, 0) is 31.2 Å². The van der Waals surface area contributed by atoms with Crippen molar-refractivity contribution in [3.05, 3.63) is 29.8 Å². The van der Waals surface area contributed by atoms with Gasteiger partial charge >= 0.3 is 18.1 Å². The Morgan fingerprint density at radius 1 is 1.22 bits per heavy atom. The number of carbonyl (C=O) groups excluding carboxylic acids is 1. The Hall–Kier alpha value is -2.05. The van der Waals surface area contributed by atoms with Crippen molar-refractivity contribution in [3.63, 3.8) is 0 Å². The number of carboxylic acid groups (broad SMARTS) is 1. The summed E-state index contributed by atoms with van der Waals surface area (Å²) in [5.41, 5.74) is -0.0564. The van der Waals surface area contributed by atoms with Gasteiger partial charge in [-0.15, -0.1) is 0 Å². The fourth-order valence-corrected chi connectivity index (χ4v) is 1.38. The molecule has 0 aliphatic heterocycles. The van der Waals surface area contributed by atoms with Gasteiger partial charge in [-0.3, -0.25) is 4.79 Å². The van der Waals surface area contributed by atoms with Crippen LogP contribution in [-0.4, -0.2) is 29.7 Å². The molecule has 4 nitrogen and oxygen atoms in total. The number of hydrogen-bond acceptors (Lipinski definition) is 2. The zero-order chi connectivity index (χ0) is 13.9. The maximum Gasteiger partial charge on any atom is 0.471 e. The predicted molar refractivity (Wildman–Crippen MR) is 57.5 cm³/mol. The fraction of sp³-hybridized carbons (Fsp3) is 0.273. The number of rotatable bonds is 3. The van der Waals surface area contributed by atoms with Gasteiger partial charge in [0.05, 0.1) is 5.56 Å². The van der Waals surface area contributed by atoms with Gasteiger partial charge < -0.3 is 10.0 Å². The predicted octanol–water partition coefficient (Wildman–Crippen LogP) is 2.30. The average Bonchev–Trinajstić information content (AvgIpc) is 2.29. The fourth-order valence-electron chi connectivity index (χ4n) is 1.38. The highest BCUT2D eigenvalue weighted by Crippen LogP contribution is 2.23. The van der Waals surface area contributed by atoms with Crippen molar-refractivity contribution in [2.24, 2.45) is 0 Å². The number of nitrogens with zero attached hydrogens (tertiary/aromatic N) is 1. The molecule has 0 unspecified atom stereocenters. The van der Waals surface area contributed by atoms with E-state index in [0.717, 1.165) is 24.3 Å². The molecule has 0 spiro atoms. The highest BCUT2D eigenvalue weighted by molar-refractivity contribution is 5.97. The summed E-state index contributed by atoms with van der Waals surface area (Å²) < 4.78 is 36.9. The average molecular weight is 261 g/mol. The number of alkyl halides is 3. The second-order valence-corrected chi connectivity index (χ2v) is 3.40. The van der Waals surface area contributed by atoms with Gasteiger partial charge in [-0.1, -0.05) is 0 Å². The number of carbonyl (C=O) groups is 2. The number of amides is 1. The van der Waals surface area contributed by atoms with E-state index in [-0.39, 0.29) is 17.8 Å². The van der Waals surface area contributed by atoms with Crippen LogP contribution in [0.15, 0.2) is 24.3 Å². The third-order valence-electron chi connectivity index (χ3n) is 2.23. The first kappa shape index (κ1) is 14.0. The number of benzene rings is 1. The van der Waals surface area contributed by atoms with Crippen molar-refractivity contribution in [1.29, 1.82) is 0 Å². The molecule has 0 saturated carbocycles. The number of halogens is 3. The molecule has 18 heavy (non-hydrogen) atoms. The molecular weight excluding hydrogens is 251 g/mol. The summed E-state index contributed by atoms with van der Waals surface area (Å²) in [4.78, 5) is 22.2. The molecule has 98 valence electrons. The van der Waals surface area contributed by atoms with E-state index >= 15 is 0 Å². The standard InChI is InChI=1S/C11H10F3NO3/c1-2-15(10(18)11(12,13)14)8-5-3-7(4-6-8)9(16)17/h3-6H,2H2,1H3,(H,16,17). The van der Waals surface area contributed by atoms with Gasteiger partial charge in [-0.25, -0.2) is 4.79 Å². The minimum absolute atomic E-state index is 0.00447. The van der Waals surface area contributed by atoms with Crippen molar-refractivity contribution in [1.82, 2.24) is 0 Å². The van der Waals surface area contributed by atoms with E-state index in [1.165, 1.54) is 6.92 Å². The van der Waals surface area contributed by atoms with E-state index in [9.17, 15) is 22.8 Å². The van der Waals surface area contributed by atoms with E-state index in [1.54, 1.807) is 0 Å². The normalized spacial score (nSPS) is 11.1. The largest absolute Gasteiger partial charge is 0.478 e. The minimum Gasteiger partial charge on any atom is -0.478 e. The topological polar surface area (TPSA) is 57.6 Å². The Labute approximate surface area is 101 Å². The molecule has 0 bridgehead atoms. The van der Waals surface area contributed by atoms with Crippen LogP contribution in [0.3, 0.4) is 0 Å². The molecule has 7 heteroatoms. The smallest absolute Gasteiger partial charge is 0.471 e. The molecule has 1 amide bonds. The van der Waals surface area contributed by atoms with Crippen molar-refractivity contribution in [3.8, 4) is 0 Å². The van der Waals surface area contributed by atoms with Crippen LogP contribution in [0.25, 0.3) is 0 Å². The van der Waals surface area contributed by atoms with Crippen LogP contribution in [0.4, 0.5) is 18.9 Å². The molecule has 1 aromatic rings. The van der Waals surface area contributed by atoms with Crippen LogP contribution < -0.4 is 4.90 Å². The lowest BCUT2D eigenvalue weighted by atomic mass is 10.2. The molecular formula is C11H10F3NO3. The summed E-state index contributed by atoms with van der Waals surface area (Å²) in [7, 11) is 0. The maximum atomic E-state index is 12.3. The Morgan fingerprint density at radius 3 is 2.06 bits per heavy atom. The van der Waals surface area contributed by atoms with E-state index in [4.69, 9.17) is 5.11 Å². The van der Waals surface area contributed by atoms with E-state index in [0.29, 0.717) is 4.90 Å². The first-order chi connectivity index (χ1) is 8.27. The number of aromatic carboxylic acids is 1. The van der Waals surface area contributed by atoms with Crippen LogP contribution in [0, 0.1) is 0 Å². The summed E-state index contributed by atoms with van der Waals surface area (Å²) in [5.74, 6) is -3.17. The van der Waals surface area contributed by atoms with Crippen LogP contribution in [-0.2, 0) is 4.79 Å². The van der Waals surface area contributed by atoms with Crippen LogP contribution in [0.1, 0.15) is 17.3 Å². The lowest BCUT2D eigenvalue weighted by Gasteiger charge is -2.22. The van der Waals surface area contributed by atoms with E-state index in [2.05, 4.69) is 0 Å². The molecule has 0 aliphatic rings. The molecule has 0 atom stereocenters. The van der Waals surface area contributed by atoms with Crippen molar-refractivity contribution >= 4 is 17.6 Å². The zero-order valence-electron chi connectivity index (χ0n) is 9.36. The highest BCUT2D eigenvalue weighted by atomic mass is 19.4. The molecule has 0 radical (unpaired) electrons. The molecule has 0 aliphatic carbocycles. The second-order valence-electron chi connectivity index (χ2n) is 3.40. The van der Waals surface area contributed by atoms with Crippen molar-refractivity contribution in [2.45, 2.75) is 13.1 Å². The third kappa shape index (κ3) is 2.99. The summed E-state index contributed by atoms with van der Waals surface area (Å²) in [6.07, 6.45) is -4.96. The zero-order valence-corrected chi connectivity index (χ0v) is 9.36. The lowest BCUT2D eigenvalue weighted by Crippen LogP contribution is -2.41. The first-order valence-electron chi connectivity index (χ1n) is 4.99. The van der Waals surface area contributed by atoms with Gasteiger partial charge in [0.1, 0.15) is 0 Å². The van der Waals surface area contributed by atoms with Gasteiger partial charge in [0.15, 0.2) is 0 Å². The van der Waals surface area contributed by atoms with E-state index < -0.39 is 18.1 Å². The van der Waals surface area contributed by atoms with Crippen LogP contribution in [0.5, 0.6) is 0 Å². The molecule has 1 N–H and O–H groups in total. The van der Waals surface area contributed by atoms with Crippen molar-refractivity contribution in [2.75, 3.05) is 11.4 Å². The molecule has 1 aromatic carbocycles. The maximum absolute atomic E-state index is 12.3. The summed E-state index contributed by atoms with van der Waals surface area (Å²) in [6.45, 7) is 1.24.